The zero-order valence-electron chi connectivity index (χ0n) is 22.0. The largest absolute Gasteiger partial charge is 0.431 e. The summed E-state index contributed by atoms with van der Waals surface area (Å²) in [5.41, 5.74) is 3.33. The van der Waals surface area contributed by atoms with Crippen molar-refractivity contribution in [2.75, 3.05) is 52.5 Å². The molecule has 2 heterocycles. The highest BCUT2D eigenvalue weighted by Crippen LogP contribution is 2.55. The lowest BCUT2D eigenvalue weighted by Crippen LogP contribution is -2.62. The summed E-state index contributed by atoms with van der Waals surface area (Å²) in [5.74, 6) is 1.64. The van der Waals surface area contributed by atoms with Gasteiger partial charge in [0, 0.05) is 37.1 Å². The number of aliphatic hydroxyl groups is 1. The van der Waals surface area contributed by atoms with Gasteiger partial charge in [0.2, 0.25) is 0 Å². The van der Waals surface area contributed by atoms with E-state index in [0.717, 1.165) is 54.9 Å². The summed E-state index contributed by atoms with van der Waals surface area (Å²) in [5, 5.41) is 15.7. The van der Waals surface area contributed by atoms with E-state index in [-0.39, 0.29) is 17.5 Å². The van der Waals surface area contributed by atoms with Crippen molar-refractivity contribution >= 4 is 38.7 Å². The third-order valence-corrected chi connectivity index (χ3v) is 11.2. The summed E-state index contributed by atoms with van der Waals surface area (Å²) in [6.45, 7) is 2.21. The SMILES string of the molecule is O=C(NC1[C@@H]2CC3C[C@H]1CC(O)(C3)C2)ON1CCN(c2ccc(N3CCS(=O)(=O)CC3)cc2)c2ccccc21. The molecule has 4 saturated carbocycles. The Balaban J connectivity index is 1.03. The van der Waals surface area contributed by atoms with E-state index in [4.69, 9.17) is 4.84 Å². The number of anilines is 4. The molecule has 5 atom stereocenters. The quantitative estimate of drug-likeness (QED) is 0.595. The fourth-order valence-corrected chi connectivity index (χ4v) is 9.19. The Labute approximate surface area is 229 Å². The van der Waals surface area contributed by atoms with Gasteiger partial charge in [-0.1, -0.05) is 12.1 Å². The molecule has 1 saturated heterocycles. The molecule has 1 amide bonds. The summed E-state index contributed by atoms with van der Waals surface area (Å²) in [7, 11) is -2.92. The van der Waals surface area contributed by atoms with Crippen molar-refractivity contribution in [1.29, 1.82) is 0 Å². The van der Waals surface area contributed by atoms with Gasteiger partial charge in [-0.05, 0) is 86.3 Å². The highest BCUT2D eigenvalue weighted by atomic mass is 32.2. The van der Waals surface area contributed by atoms with E-state index < -0.39 is 21.5 Å². The van der Waals surface area contributed by atoms with Crippen LogP contribution in [-0.2, 0) is 14.7 Å². The summed E-state index contributed by atoms with van der Waals surface area (Å²) >= 11 is 0. The fraction of sp³-hybridized carbons (Fsp3) is 0.552. The van der Waals surface area contributed by atoms with Crippen LogP contribution in [0.5, 0.6) is 0 Å². The maximum Gasteiger partial charge on any atom is 0.431 e. The highest BCUT2D eigenvalue weighted by Gasteiger charge is 2.55. The summed E-state index contributed by atoms with van der Waals surface area (Å²) in [6, 6.07) is 16.2. The highest BCUT2D eigenvalue weighted by molar-refractivity contribution is 7.91. The number of nitrogens with zero attached hydrogens (tertiary/aromatic N) is 3. The molecule has 6 aliphatic rings. The van der Waals surface area contributed by atoms with Crippen LogP contribution in [-0.4, -0.2) is 68.9 Å². The Morgan fingerprint density at radius 3 is 2.18 bits per heavy atom. The van der Waals surface area contributed by atoms with Gasteiger partial charge in [-0.3, -0.25) is 0 Å². The molecule has 10 heteroatoms. The molecule has 2 N–H and O–H groups in total. The second-order valence-corrected chi connectivity index (χ2v) is 14.4. The van der Waals surface area contributed by atoms with Crippen molar-refractivity contribution in [2.45, 2.75) is 43.7 Å². The first kappa shape index (κ1) is 25.0. The monoisotopic (exact) mass is 552 g/mol. The van der Waals surface area contributed by atoms with E-state index in [2.05, 4.69) is 27.2 Å². The number of para-hydroxylation sites is 2. The molecule has 0 spiro atoms. The smallest absolute Gasteiger partial charge is 0.390 e. The Bertz CT molecular complexity index is 1340. The van der Waals surface area contributed by atoms with Gasteiger partial charge < -0.3 is 25.1 Å². The number of hydroxylamine groups is 1. The lowest BCUT2D eigenvalue weighted by molar-refractivity contribution is -0.137. The Morgan fingerprint density at radius 2 is 1.51 bits per heavy atom. The number of sulfone groups is 1. The van der Waals surface area contributed by atoms with Crippen molar-refractivity contribution in [3.8, 4) is 0 Å². The predicted octanol–water partition coefficient (Wildman–Crippen LogP) is 3.46. The number of rotatable bonds is 4. The van der Waals surface area contributed by atoms with E-state index in [0.29, 0.717) is 43.9 Å². The van der Waals surface area contributed by atoms with Crippen LogP contribution in [0.4, 0.5) is 27.5 Å². The van der Waals surface area contributed by atoms with Crippen molar-refractivity contribution in [1.82, 2.24) is 5.32 Å². The number of nitrogens with one attached hydrogen (secondary N) is 1. The number of carbonyl (C=O) groups is 1. The molecule has 2 aromatic rings. The molecule has 4 aliphatic carbocycles. The van der Waals surface area contributed by atoms with Crippen LogP contribution >= 0.6 is 0 Å². The molecule has 0 radical (unpaired) electrons. The molecular formula is C29H36N4O5S. The third kappa shape index (κ3) is 4.71. The van der Waals surface area contributed by atoms with Crippen LogP contribution in [0.15, 0.2) is 48.5 Å². The van der Waals surface area contributed by atoms with Crippen LogP contribution in [0, 0.1) is 17.8 Å². The van der Waals surface area contributed by atoms with Gasteiger partial charge in [0.1, 0.15) is 0 Å². The molecule has 208 valence electrons. The fourth-order valence-electron chi connectivity index (χ4n) is 7.99. The van der Waals surface area contributed by atoms with Crippen LogP contribution in [0.2, 0.25) is 0 Å². The normalized spacial score (nSPS) is 32.6. The van der Waals surface area contributed by atoms with Crippen molar-refractivity contribution in [3.63, 3.8) is 0 Å². The van der Waals surface area contributed by atoms with Gasteiger partial charge in [-0.2, -0.15) is 0 Å². The Hall–Kier alpha value is -2.98. The van der Waals surface area contributed by atoms with E-state index in [1.807, 2.05) is 36.4 Å². The molecule has 4 bridgehead atoms. The van der Waals surface area contributed by atoms with Gasteiger partial charge in [0.25, 0.3) is 0 Å². The van der Waals surface area contributed by atoms with Crippen molar-refractivity contribution in [2.24, 2.45) is 17.8 Å². The molecule has 8 rings (SSSR count). The lowest BCUT2D eigenvalue weighted by Gasteiger charge is -2.57. The molecule has 2 aliphatic heterocycles. The summed E-state index contributed by atoms with van der Waals surface area (Å²) in [6.07, 6.45) is 4.23. The van der Waals surface area contributed by atoms with Crippen LogP contribution < -0.4 is 20.2 Å². The van der Waals surface area contributed by atoms with Crippen LogP contribution in [0.25, 0.3) is 0 Å². The summed E-state index contributed by atoms with van der Waals surface area (Å²) < 4.78 is 23.6. The minimum Gasteiger partial charge on any atom is -0.390 e. The first-order valence-corrected chi connectivity index (χ1v) is 16.0. The first-order valence-electron chi connectivity index (χ1n) is 14.2. The van der Waals surface area contributed by atoms with Crippen LogP contribution in [0.3, 0.4) is 0 Å². The molecule has 2 aromatic carbocycles. The lowest BCUT2D eigenvalue weighted by atomic mass is 9.52. The molecule has 9 nitrogen and oxygen atoms in total. The maximum atomic E-state index is 13.1. The maximum absolute atomic E-state index is 13.1. The predicted molar refractivity (Wildman–Crippen MR) is 150 cm³/mol. The molecule has 5 fully saturated rings. The number of carbonyl (C=O) groups excluding carboxylic acids is 1. The Morgan fingerprint density at radius 1 is 0.872 bits per heavy atom. The van der Waals surface area contributed by atoms with E-state index >= 15 is 0 Å². The van der Waals surface area contributed by atoms with E-state index in [1.165, 1.54) is 0 Å². The Kier molecular flexibility index (Phi) is 5.97. The number of hydrogen-bond donors (Lipinski definition) is 2. The van der Waals surface area contributed by atoms with Crippen molar-refractivity contribution < 1.29 is 23.2 Å². The van der Waals surface area contributed by atoms with E-state index in [1.54, 1.807) is 5.06 Å². The molecule has 3 unspecified atom stereocenters. The zero-order valence-corrected chi connectivity index (χ0v) is 22.9. The van der Waals surface area contributed by atoms with Gasteiger partial charge in [0.15, 0.2) is 9.84 Å². The first-order chi connectivity index (χ1) is 18.8. The minimum absolute atomic E-state index is 0.0735. The second kappa shape index (κ2) is 9.30. The van der Waals surface area contributed by atoms with Crippen LogP contribution in [0.1, 0.15) is 32.1 Å². The number of benzene rings is 2. The molecule has 39 heavy (non-hydrogen) atoms. The average molecular weight is 553 g/mol. The minimum atomic E-state index is -2.92. The number of hydrogen-bond acceptors (Lipinski definition) is 8. The molecular weight excluding hydrogens is 516 g/mol. The zero-order chi connectivity index (χ0) is 26.8. The van der Waals surface area contributed by atoms with Gasteiger partial charge in [0.05, 0.1) is 35.0 Å². The number of amides is 1. The summed E-state index contributed by atoms with van der Waals surface area (Å²) in [4.78, 5) is 23.3. The standard InChI is InChI=1S/C29H36N4O5S/c34-28(30-27-21-15-20-16-22(27)19-29(35,17-20)18-21)38-33-10-9-32(25-3-1-2-4-26(25)33)24-7-5-23(6-8-24)31-11-13-39(36,37)14-12-31/h1-8,20-22,27,35H,9-19H2,(H,30,34)/t20?,21-,22+,27?,29?. The molecule has 0 aromatic heterocycles. The van der Waals surface area contributed by atoms with Gasteiger partial charge in [-0.25, -0.2) is 18.3 Å². The third-order valence-electron chi connectivity index (χ3n) is 9.56. The van der Waals surface area contributed by atoms with Gasteiger partial charge in [-0.15, -0.1) is 0 Å². The average Bonchev–Trinajstić information content (AvgIpc) is 2.90. The van der Waals surface area contributed by atoms with Crippen molar-refractivity contribution in [3.05, 3.63) is 48.5 Å². The van der Waals surface area contributed by atoms with Gasteiger partial charge >= 0.3 is 6.09 Å². The topological polar surface area (TPSA) is 102 Å². The van der Waals surface area contributed by atoms with E-state index in [9.17, 15) is 18.3 Å². The number of fused-ring (bicyclic) bond motifs is 1. The second-order valence-electron chi connectivity index (χ2n) is 12.1.